The molecule has 0 unspecified atom stereocenters. The summed E-state index contributed by atoms with van der Waals surface area (Å²) in [5.74, 6) is 0.117. The smallest absolute Gasteiger partial charge is 0.248 e. The summed E-state index contributed by atoms with van der Waals surface area (Å²) < 4.78 is 31.5. The zero-order valence-corrected chi connectivity index (χ0v) is 13.2. The molecular weight excluding hydrogens is 296 g/mol. The highest BCUT2D eigenvalue weighted by Gasteiger charge is 2.34. The molecule has 2 rings (SSSR count). The van der Waals surface area contributed by atoms with E-state index in [1.165, 1.54) is 4.31 Å². The highest BCUT2D eigenvalue weighted by molar-refractivity contribution is 7.89. The lowest BCUT2D eigenvalue weighted by Crippen LogP contribution is -2.53. The van der Waals surface area contributed by atoms with Crippen molar-refractivity contribution in [3.05, 3.63) is 11.5 Å². The van der Waals surface area contributed by atoms with Crippen molar-refractivity contribution < 1.29 is 17.7 Å². The Balaban J connectivity index is 2.14. The lowest BCUT2D eigenvalue weighted by molar-refractivity contribution is -0.133. The average molecular weight is 316 g/mol. The highest BCUT2D eigenvalue weighted by Crippen LogP contribution is 2.24. The van der Waals surface area contributed by atoms with Crippen molar-refractivity contribution in [1.82, 2.24) is 14.4 Å². The first-order valence-corrected chi connectivity index (χ1v) is 8.16. The number of sulfonamides is 1. The number of hydrogen-bond acceptors (Lipinski definition) is 6. The molecule has 8 nitrogen and oxygen atoms in total. The van der Waals surface area contributed by atoms with Crippen molar-refractivity contribution in [3.8, 4) is 0 Å². The van der Waals surface area contributed by atoms with Gasteiger partial charge in [-0.3, -0.25) is 4.79 Å². The van der Waals surface area contributed by atoms with Gasteiger partial charge >= 0.3 is 0 Å². The quantitative estimate of drug-likeness (QED) is 0.803. The van der Waals surface area contributed by atoms with Crippen molar-refractivity contribution in [1.29, 1.82) is 0 Å². The molecule has 1 aliphatic rings. The van der Waals surface area contributed by atoms with Crippen LogP contribution >= 0.6 is 0 Å². The van der Waals surface area contributed by atoms with E-state index in [4.69, 9.17) is 10.3 Å². The molecule has 1 fully saturated rings. The number of aryl methyl sites for hydroxylation is 2. The molecule has 0 aliphatic carbocycles. The third kappa shape index (κ3) is 2.94. The van der Waals surface area contributed by atoms with Gasteiger partial charge in [0.15, 0.2) is 5.76 Å². The second kappa shape index (κ2) is 5.74. The van der Waals surface area contributed by atoms with Crippen LogP contribution in [0.3, 0.4) is 0 Å². The summed E-state index contributed by atoms with van der Waals surface area (Å²) in [5.41, 5.74) is 5.91. The molecule has 1 aliphatic heterocycles. The Hall–Kier alpha value is -1.45. The normalized spacial score (nSPS) is 18.8. The lowest BCUT2D eigenvalue weighted by atomic mass is 10.2. The molecule has 118 valence electrons. The van der Waals surface area contributed by atoms with Crippen molar-refractivity contribution in [2.24, 2.45) is 5.73 Å². The first-order valence-electron chi connectivity index (χ1n) is 6.72. The predicted molar refractivity (Wildman–Crippen MR) is 75.0 cm³/mol. The Labute approximate surface area is 123 Å². The van der Waals surface area contributed by atoms with E-state index in [0.29, 0.717) is 18.8 Å². The van der Waals surface area contributed by atoms with Crippen LogP contribution in [0.5, 0.6) is 0 Å². The largest absolute Gasteiger partial charge is 0.360 e. The number of nitrogens with two attached hydrogens (primary N) is 1. The van der Waals surface area contributed by atoms with Crippen molar-refractivity contribution in [2.45, 2.75) is 31.7 Å². The number of amides is 1. The van der Waals surface area contributed by atoms with Crippen molar-refractivity contribution in [2.75, 3.05) is 26.2 Å². The number of carbonyl (C=O) groups excluding carboxylic acids is 1. The fourth-order valence-corrected chi connectivity index (χ4v) is 4.12. The van der Waals surface area contributed by atoms with Gasteiger partial charge in [-0.05, 0) is 20.8 Å². The molecule has 2 N–H and O–H groups in total. The number of rotatable bonds is 3. The van der Waals surface area contributed by atoms with Crippen LogP contribution in [0.2, 0.25) is 0 Å². The minimum Gasteiger partial charge on any atom is -0.360 e. The van der Waals surface area contributed by atoms with E-state index in [-0.39, 0.29) is 29.7 Å². The van der Waals surface area contributed by atoms with Gasteiger partial charge in [-0.15, -0.1) is 0 Å². The highest BCUT2D eigenvalue weighted by atomic mass is 32.2. The van der Waals surface area contributed by atoms with Crippen LogP contribution in [0.15, 0.2) is 9.42 Å². The average Bonchev–Trinajstić information content (AvgIpc) is 2.78. The summed E-state index contributed by atoms with van der Waals surface area (Å²) >= 11 is 0. The van der Waals surface area contributed by atoms with E-state index in [1.54, 1.807) is 25.7 Å². The fourth-order valence-electron chi connectivity index (χ4n) is 2.41. The van der Waals surface area contributed by atoms with Crippen LogP contribution in [0, 0.1) is 13.8 Å². The van der Waals surface area contributed by atoms with Gasteiger partial charge in [0.1, 0.15) is 10.6 Å². The first-order chi connectivity index (χ1) is 9.75. The molecule has 0 bridgehead atoms. The standard InChI is InChI=1S/C12H20N4O4S/c1-8(13)12(17)15-4-6-16(7-5-15)21(18,19)11-9(2)14-20-10(11)3/h8H,4-7,13H2,1-3H3/t8-/m1/s1. The van der Waals surface area contributed by atoms with Gasteiger partial charge in [-0.25, -0.2) is 8.42 Å². The predicted octanol–water partition coefficient (Wildman–Crippen LogP) is -0.528. The van der Waals surface area contributed by atoms with E-state index < -0.39 is 16.1 Å². The summed E-state index contributed by atoms with van der Waals surface area (Å²) in [4.78, 5) is 13.5. The van der Waals surface area contributed by atoms with Crippen LogP contribution in [-0.2, 0) is 14.8 Å². The Morgan fingerprint density at radius 1 is 1.29 bits per heavy atom. The van der Waals surface area contributed by atoms with Crippen LogP contribution in [0.4, 0.5) is 0 Å². The SMILES string of the molecule is Cc1noc(C)c1S(=O)(=O)N1CCN(C(=O)[C@@H](C)N)CC1. The fraction of sp³-hybridized carbons (Fsp3) is 0.667. The summed E-state index contributed by atoms with van der Waals surface area (Å²) in [7, 11) is -3.64. The molecule has 21 heavy (non-hydrogen) atoms. The zero-order chi connectivity index (χ0) is 15.8. The maximum absolute atomic E-state index is 12.6. The number of nitrogens with zero attached hydrogens (tertiary/aromatic N) is 3. The molecule has 1 saturated heterocycles. The summed E-state index contributed by atoms with van der Waals surface area (Å²) in [6.07, 6.45) is 0. The summed E-state index contributed by atoms with van der Waals surface area (Å²) in [5, 5.41) is 3.68. The van der Waals surface area contributed by atoms with Crippen LogP contribution in [0.25, 0.3) is 0 Å². The zero-order valence-electron chi connectivity index (χ0n) is 12.4. The number of hydrogen-bond donors (Lipinski definition) is 1. The maximum Gasteiger partial charge on any atom is 0.248 e. The van der Waals surface area contributed by atoms with Gasteiger partial charge in [-0.1, -0.05) is 5.16 Å². The second-order valence-corrected chi connectivity index (χ2v) is 7.05. The lowest BCUT2D eigenvalue weighted by Gasteiger charge is -2.34. The van der Waals surface area contributed by atoms with Gasteiger partial charge in [0.2, 0.25) is 15.9 Å². The minimum atomic E-state index is -3.64. The van der Waals surface area contributed by atoms with E-state index in [2.05, 4.69) is 5.16 Å². The Morgan fingerprint density at radius 3 is 2.29 bits per heavy atom. The molecule has 1 aromatic heterocycles. The van der Waals surface area contributed by atoms with Gasteiger partial charge in [0, 0.05) is 26.2 Å². The van der Waals surface area contributed by atoms with E-state index in [1.807, 2.05) is 0 Å². The molecule has 0 radical (unpaired) electrons. The number of carbonyl (C=O) groups is 1. The third-order valence-corrected chi connectivity index (χ3v) is 5.65. The molecule has 1 amide bonds. The van der Waals surface area contributed by atoms with Crippen LogP contribution in [0.1, 0.15) is 18.4 Å². The molecular formula is C12H20N4O4S. The molecule has 0 spiro atoms. The number of piperazine rings is 1. The minimum absolute atomic E-state index is 0.120. The molecule has 1 atom stereocenters. The van der Waals surface area contributed by atoms with Gasteiger partial charge in [-0.2, -0.15) is 4.31 Å². The van der Waals surface area contributed by atoms with E-state index in [9.17, 15) is 13.2 Å². The first kappa shape index (κ1) is 15.9. The monoisotopic (exact) mass is 316 g/mol. The third-order valence-electron chi connectivity index (χ3n) is 3.51. The molecule has 2 heterocycles. The van der Waals surface area contributed by atoms with E-state index in [0.717, 1.165) is 0 Å². The second-order valence-electron chi connectivity index (χ2n) is 5.17. The molecule has 9 heteroatoms. The van der Waals surface area contributed by atoms with Gasteiger partial charge in [0.05, 0.1) is 6.04 Å². The number of aromatic nitrogens is 1. The molecule has 0 aromatic carbocycles. The summed E-state index contributed by atoms with van der Waals surface area (Å²) in [6.45, 7) is 5.94. The Kier molecular flexibility index (Phi) is 4.35. The van der Waals surface area contributed by atoms with Crippen molar-refractivity contribution in [3.63, 3.8) is 0 Å². The van der Waals surface area contributed by atoms with Crippen molar-refractivity contribution >= 4 is 15.9 Å². The van der Waals surface area contributed by atoms with Gasteiger partial charge in [0.25, 0.3) is 0 Å². The summed E-state index contributed by atoms with van der Waals surface area (Å²) in [6, 6.07) is -0.573. The van der Waals surface area contributed by atoms with Gasteiger partial charge < -0.3 is 15.2 Å². The molecule has 0 saturated carbocycles. The van der Waals surface area contributed by atoms with E-state index >= 15 is 0 Å². The Bertz CT molecular complexity index is 610. The van der Waals surface area contributed by atoms with Crippen LogP contribution < -0.4 is 5.73 Å². The van der Waals surface area contributed by atoms with Crippen LogP contribution in [-0.4, -0.2) is 60.9 Å². The maximum atomic E-state index is 12.6. The molecule has 1 aromatic rings. The topological polar surface area (TPSA) is 110 Å². The Morgan fingerprint density at radius 2 is 1.86 bits per heavy atom.